The van der Waals surface area contributed by atoms with E-state index in [9.17, 15) is 0 Å². The predicted octanol–water partition coefficient (Wildman–Crippen LogP) is 5.42. The Bertz CT molecular complexity index is 776. The second-order valence-corrected chi connectivity index (χ2v) is 6.24. The summed E-state index contributed by atoms with van der Waals surface area (Å²) < 4.78 is 0. The third-order valence-corrected chi connectivity index (χ3v) is 4.47. The van der Waals surface area contributed by atoms with Crippen molar-refractivity contribution in [3.8, 4) is 11.3 Å². The van der Waals surface area contributed by atoms with E-state index in [1.807, 2.05) is 36.4 Å². The number of aryl methyl sites for hydroxylation is 1. The van der Waals surface area contributed by atoms with Gasteiger partial charge in [-0.1, -0.05) is 47.5 Å². The molecule has 22 heavy (non-hydrogen) atoms. The van der Waals surface area contributed by atoms with E-state index in [0.717, 1.165) is 52.6 Å². The Hall–Kier alpha value is -1.48. The number of fused-ring (bicyclic) bond motifs is 1. The Balaban J connectivity index is 2.12. The van der Waals surface area contributed by atoms with Crippen LogP contribution in [0.3, 0.4) is 0 Å². The fourth-order valence-corrected chi connectivity index (χ4v) is 3.15. The van der Waals surface area contributed by atoms with Gasteiger partial charge in [0, 0.05) is 16.1 Å². The van der Waals surface area contributed by atoms with Crippen molar-refractivity contribution in [1.82, 2.24) is 4.98 Å². The van der Waals surface area contributed by atoms with E-state index in [2.05, 4.69) is 11.1 Å². The number of rotatable bonds is 5. The number of aromatic nitrogens is 1. The van der Waals surface area contributed by atoms with E-state index in [-0.39, 0.29) is 0 Å². The molecule has 1 heterocycles. The Kier molecular flexibility index (Phi) is 4.72. The zero-order chi connectivity index (χ0) is 15.5. The van der Waals surface area contributed by atoms with Crippen LogP contribution in [-0.2, 0) is 6.42 Å². The second-order valence-electron chi connectivity index (χ2n) is 5.39. The number of para-hydroxylation sites is 1. The van der Waals surface area contributed by atoms with Crippen LogP contribution >= 0.6 is 23.2 Å². The molecular formula is C18H18Cl2N2. The summed E-state index contributed by atoms with van der Waals surface area (Å²) in [6, 6.07) is 13.9. The van der Waals surface area contributed by atoms with Crippen molar-refractivity contribution < 1.29 is 0 Å². The molecule has 2 aromatic carbocycles. The molecule has 0 bridgehead atoms. The highest BCUT2D eigenvalue weighted by Crippen LogP contribution is 2.35. The van der Waals surface area contributed by atoms with Gasteiger partial charge in [-0.05, 0) is 55.1 Å². The van der Waals surface area contributed by atoms with Crippen LogP contribution in [0.1, 0.15) is 18.4 Å². The van der Waals surface area contributed by atoms with Gasteiger partial charge < -0.3 is 10.7 Å². The molecule has 114 valence electrons. The molecule has 2 nitrogen and oxygen atoms in total. The first kappa shape index (κ1) is 15.4. The summed E-state index contributed by atoms with van der Waals surface area (Å²) in [6.07, 6.45) is 3.07. The number of nitrogens with one attached hydrogen (secondary N) is 1. The molecule has 3 N–H and O–H groups in total. The minimum atomic E-state index is 0.722. The molecule has 0 aliphatic carbocycles. The number of halogens is 2. The predicted molar refractivity (Wildman–Crippen MR) is 95.7 cm³/mol. The molecule has 0 unspecified atom stereocenters. The van der Waals surface area contributed by atoms with E-state index in [1.54, 1.807) is 0 Å². The highest BCUT2D eigenvalue weighted by molar-refractivity contribution is 6.35. The maximum absolute atomic E-state index is 6.34. The number of hydrogen-bond acceptors (Lipinski definition) is 1. The molecule has 1 aromatic heterocycles. The Labute approximate surface area is 140 Å². The second kappa shape index (κ2) is 6.74. The summed E-state index contributed by atoms with van der Waals surface area (Å²) in [5, 5.41) is 2.68. The molecule has 4 heteroatoms. The van der Waals surface area contributed by atoms with Gasteiger partial charge in [0.25, 0.3) is 0 Å². The smallest absolute Gasteiger partial charge is 0.0651 e. The Morgan fingerprint density at radius 1 is 0.955 bits per heavy atom. The van der Waals surface area contributed by atoms with Crippen LogP contribution < -0.4 is 5.73 Å². The van der Waals surface area contributed by atoms with E-state index in [0.29, 0.717) is 0 Å². The average molecular weight is 333 g/mol. The highest BCUT2D eigenvalue weighted by atomic mass is 35.5. The zero-order valence-corrected chi connectivity index (χ0v) is 13.7. The number of unbranched alkanes of at least 4 members (excludes halogenated alkanes) is 1. The summed E-state index contributed by atoms with van der Waals surface area (Å²) in [7, 11) is 0. The first-order valence-corrected chi connectivity index (χ1v) is 8.21. The number of H-pyrrole nitrogens is 1. The van der Waals surface area contributed by atoms with Gasteiger partial charge in [0.1, 0.15) is 0 Å². The SMILES string of the molecule is NCCCCc1c(-c2ccc(Cl)cc2)[nH]c2c(Cl)cccc12. The van der Waals surface area contributed by atoms with Gasteiger partial charge >= 0.3 is 0 Å². The van der Waals surface area contributed by atoms with Crippen molar-refractivity contribution in [2.45, 2.75) is 19.3 Å². The number of benzene rings is 2. The van der Waals surface area contributed by atoms with Gasteiger partial charge in [0.15, 0.2) is 0 Å². The number of hydrogen-bond donors (Lipinski definition) is 2. The topological polar surface area (TPSA) is 41.8 Å². The number of nitrogens with two attached hydrogens (primary N) is 1. The largest absolute Gasteiger partial charge is 0.353 e. The molecule has 0 amide bonds. The zero-order valence-electron chi connectivity index (χ0n) is 12.2. The van der Waals surface area contributed by atoms with Crippen molar-refractivity contribution in [2.24, 2.45) is 5.73 Å². The maximum Gasteiger partial charge on any atom is 0.0651 e. The monoisotopic (exact) mass is 332 g/mol. The van der Waals surface area contributed by atoms with Crippen LogP contribution in [-0.4, -0.2) is 11.5 Å². The summed E-state index contributed by atoms with van der Waals surface area (Å²) in [6.45, 7) is 0.722. The van der Waals surface area contributed by atoms with Crippen LogP contribution in [0.4, 0.5) is 0 Å². The molecule has 0 radical (unpaired) electrons. The summed E-state index contributed by atoms with van der Waals surface area (Å²) >= 11 is 12.3. The molecule has 3 rings (SSSR count). The lowest BCUT2D eigenvalue weighted by molar-refractivity contribution is 0.748. The normalized spacial score (nSPS) is 11.2. The lowest BCUT2D eigenvalue weighted by Gasteiger charge is -2.05. The quantitative estimate of drug-likeness (QED) is 0.601. The van der Waals surface area contributed by atoms with E-state index < -0.39 is 0 Å². The third-order valence-electron chi connectivity index (χ3n) is 3.90. The van der Waals surface area contributed by atoms with Crippen molar-refractivity contribution >= 4 is 34.1 Å². The van der Waals surface area contributed by atoms with Gasteiger partial charge in [0.05, 0.1) is 10.5 Å². The first-order chi connectivity index (χ1) is 10.7. The maximum atomic E-state index is 6.34. The average Bonchev–Trinajstić information content (AvgIpc) is 2.89. The van der Waals surface area contributed by atoms with Crippen molar-refractivity contribution in [3.05, 3.63) is 58.1 Å². The van der Waals surface area contributed by atoms with Crippen molar-refractivity contribution in [3.63, 3.8) is 0 Å². The van der Waals surface area contributed by atoms with E-state index in [1.165, 1.54) is 10.9 Å². The van der Waals surface area contributed by atoms with Crippen LogP contribution in [0.15, 0.2) is 42.5 Å². The third kappa shape index (κ3) is 3.00. The lowest BCUT2D eigenvalue weighted by atomic mass is 10.0. The Morgan fingerprint density at radius 2 is 1.73 bits per heavy atom. The minimum Gasteiger partial charge on any atom is -0.353 e. The first-order valence-electron chi connectivity index (χ1n) is 7.46. The van der Waals surface area contributed by atoms with Crippen LogP contribution in [0.25, 0.3) is 22.2 Å². The molecule has 0 atom stereocenters. The van der Waals surface area contributed by atoms with Crippen molar-refractivity contribution in [2.75, 3.05) is 6.54 Å². The van der Waals surface area contributed by atoms with Crippen LogP contribution in [0, 0.1) is 0 Å². The molecule has 0 saturated heterocycles. The molecule has 0 saturated carbocycles. The molecule has 0 aliphatic heterocycles. The fourth-order valence-electron chi connectivity index (χ4n) is 2.81. The lowest BCUT2D eigenvalue weighted by Crippen LogP contribution is -1.99. The standard InChI is InChI=1S/C18H18Cl2N2/c19-13-9-7-12(8-10-13)17-14(4-1-2-11-21)15-5-3-6-16(20)18(15)22-17/h3,5-10,22H,1-2,4,11,21H2. The highest BCUT2D eigenvalue weighted by Gasteiger charge is 2.14. The van der Waals surface area contributed by atoms with Gasteiger partial charge in [-0.2, -0.15) is 0 Å². The Morgan fingerprint density at radius 3 is 2.45 bits per heavy atom. The van der Waals surface area contributed by atoms with Gasteiger partial charge in [-0.25, -0.2) is 0 Å². The molecule has 0 spiro atoms. The van der Waals surface area contributed by atoms with Gasteiger partial charge in [0.2, 0.25) is 0 Å². The molecule has 0 fully saturated rings. The van der Waals surface area contributed by atoms with Gasteiger partial charge in [-0.3, -0.25) is 0 Å². The van der Waals surface area contributed by atoms with E-state index >= 15 is 0 Å². The molecule has 0 aliphatic rings. The number of aromatic amines is 1. The summed E-state index contributed by atoms with van der Waals surface area (Å²) in [5.41, 5.74) is 10.2. The minimum absolute atomic E-state index is 0.722. The molecular weight excluding hydrogens is 315 g/mol. The fraction of sp³-hybridized carbons (Fsp3) is 0.222. The summed E-state index contributed by atoms with van der Waals surface area (Å²) in [5.74, 6) is 0. The summed E-state index contributed by atoms with van der Waals surface area (Å²) in [4.78, 5) is 3.49. The van der Waals surface area contributed by atoms with Crippen molar-refractivity contribution in [1.29, 1.82) is 0 Å². The van der Waals surface area contributed by atoms with Crippen LogP contribution in [0.2, 0.25) is 10.0 Å². The van der Waals surface area contributed by atoms with Gasteiger partial charge in [-0.15, -0.1) is 0 Å². The molecule has 3 aromatic rings. The van der Waals surface area contributed by atoms with E-state index in [4.69, 9.17) is 28.9 Å². The van der Waals surface area contributed by atoms with Crippen LogP contribution in [0.5, 0.6) is 0 Å².